The van der Waals surface area contributed by atoms with Crippen molar-refractivity contribution in [2.75, 3.05) is 29.9 Å². The monoisotopic (exact) mass is 455 g/mol. The molecule has 0 bridgehead atoms. The van der Waals surface area contributed by atoms with Gasteiger partial charge in [0.15, 0.2) is 0 Å². The van der Waals surface area contributed by atoms with E-state index in [2.05, 4.69) is 22.5 Å². The van der Waals surface area contributed by atoms with Crippen LogP contribution in [0, 0.1) is 0 Å². The number of aryl methyl sites for hydroxylation is 1. The zero-order valence-electron chi connectivity index (χ0n) is 21.3. The Hall–Kier alpha value is -1.36. The Morgan fingerprint density at radius 1 is 0.758 bits per heavy atom. The van der Waals surface area contributed by atoms with Crippen molar-refractivity contribution in [2.24, 2.45) is 0 Å². The van der Waals surface area contributed by atoms with Crippen LogP contribution in [0.15, 0.2) is 0 Å². The molecule has 2 unspecified atom stereocenters. The maximum atomic E-state index is 5.17. The number of nitrogens with one attached hydrogen (secondary N) is 2. The van der Waals surface area contributed by atoms with Gasteiger partial charge in [-0.2, -0.15) is 4.98 Å². The minimum Gasteiger partial charge on any atom is -0.356 e. The minimum atomic E-state index is 0.466. The standard InChI is InChI=1S/C28H49N5/c1-2-3-4-5-6-7-12-20-29-25-18-15-19-26(25)31-28-30-24-17-11-10-16-23(24)27(32-28)33-21-13-8-9-14-22-33/h25-26,29H,2-22H2,1H3,(H,30,31,32). The molecule has 3 aliphatic rings. The van der Waals surface area contributed by atoms with E-state index in [1.54, 1.807) is 0 Å². The number of fused-ring (bicyclic) bond motifs is 1. The Kier molecular flexibility index (Phi) is 10.1. The van der Waals surface area contributed by atoms with Crippen LogP contribution in [-0.2, 0) is 12.8 Å². The molecule has 1 aromatic heterocycles. The summed E-state index contributed by atoms with van der Waals surface area (Å²) in [7, 11) is 0. The number of hydrogen-bond acceptors (Lipinski definition) is 5. The van der Waals surface area contributed by atoms with Crippen molar-refractivity contribution in [2.45, 2.75) is 135 Å². The lowest BCUT2D eigenvalue weighted by Crippen LogP contribution is -2.41. The predicted molar refractivity (Wildman–Crippen MR) is 140 cm³/mol. The number of unbranched alkanes of at least 4 members (excludes halogenated alkanes) is 6. The minimum absolute atomic E-state index is 0.466. The predicted octanol–water partition coefficient (Wildman–Crippen LogP) is 6.41. The topological polar surface area (TPSA) is 53.1 Å². The van der Waals surface area contributed by atoms with Crippen molar-refractivity contribution >= 4 is 11.8 Å². The Balaban J connectivity index is 1.33. The Morgan fingerprint density at radius 2 is 1.48 bits per heavy atom. The molecule has 1 saturated carbocycles. The van der Waals surface area contributed by atoms with E-state index in [0.717, 1.165) is 38.4 Å². The van der Waals surface area contributed by atoms with Gasteiger partial charge in [0.25, 0.3) is 0 Å². The van der Waals surface area contributed by atoms with E-state index in [9.17, 15) is 0 Å². The van der Waals surface area contributed by atoms with E-state index in [1.807, 2.05) is 0 Å². The molecule has 186 valence electrons. The van der Waals surface area contributed by atoms with Crippen molar-refractivity contribution in [3.63, 3.8) is 0 Å². The van der Waals surface area contributed by atoms with Crippen molar-refractivity contribution < 1.29 is 0 Å². The molecule has 0 aromatic carbocycles. The maximum Gasteiger partial charge on any atom is 0.225 e. The molecule has 33 heavy (non-hydrogen) atoms. The van der Waals surface area contributed by atoms with Crippen molar-refractivity contribution in [3.05, 3.63) is 11.3 Å². The summed E-state index contributed by atoms with van der Waals surface area (Å²) in [5.41, 5.74) is 2.78. The number of aromatic nitrogens is 2. The average molecular weight is 456 g/mol. The number of hydrogen-bond donors (Lipinski definition) is 2. The quantitative estimate of drug-likeness (QED) is 0.357. The fraction of sp³-hybridized carbons (Fsp3) is 0.857. The SMILES string of the molecule is CCCCCCCCCNC1CCCC1Nc1nc2c(c(N3CCCCCC3)n1)CCCC2. The van der Waals surface area contributed by atoms with Gasteiger partial charge in [0, 0.05) is 30.7 Å². The van der Waals surface area contributed by atoms with Crippen LogP contribution in [-0.4, -0.2) is 41.7 Å². The molecule has 2 fully saturated rings. The van der Waals surface area contributed by atoms with Crippen molar-refractivity contribution in [1.29, 1.82) is 0 Å². The van der Waals surface area contributed by atoms with Gasteiger partial charge >= 0.3 is 0 Å². The summed E-state index contributed by atoms with van der Waals surface area (Å²) in [6, 6.07) is 1.03. The fourth-order valence-corrected chi connectivity index (χ4v) is 6.10. The smallest absolute Gasteiger partial charge is 0.225 e. The van der Waals surface area contributed by atoms with Crippen LogP contribution in [0.1, 0.15) is 121 Å². The maximum absolute atomic E-state index is 5.17. The van der Waals surface area contributed by atoms with Crippen LogP contribution in [0.5, 0.6) is 0 Å². The first-order chi connectivity index (χ1) is 16.3. The molecule has 5 nitrogen and oxygen atoms in total. The summed E-state index contributed by atoms with van der Waals surface area (Å²) in [6.45, 7) is 5.77. The number of rotatable bonds is 12. The highest BCUT2D eigenvalue weighted by molar-refractivity contribution is 5.54. The summed E-state index contributed by atoms with van der Waals surface area (Å²) in [5, 5.41) is 7.67. The van der Waals surface area contributed by atoms with Crippen LogP contribution >= 0.6 is 0 Å². The third-order valence-corrected chi connectivity index (χ3v) is 8.08. The molecule has 0 spiro atoms. The summed E-state index contributed by atoms with van der Waals surface area (Å²) >= 11 is 0. The van der Waals surface area contributed by atoms with Gasteiger partial charge in [-0.25, -0.2) is 4.98 Å². The van der Waals surface area contributed by atoms with Gasteiger partial charge < -0.3 is 15.5 Å². The summed E-state index contributed by atoms with van der Waals surface area (Å²) in [4.78, 5) is 12.8. The van der Waals surface area contributed by atoms with Gasteiger partial charge in [-0.1, -0.05) is 58.3 Å². The zero-order chi connectivity index (χ0) is 22.7. The van der Waals surface area contributed by atoms with E-state index < -0.39 is 0 Å². The van der Waals surface area contributed by atoms with Crippen LogP contribution in [0.25, 0.3) is 0 Å². The highest BCUT2D eigenvalue weighted by atomic mass is 15.2. The van der Waals surface area contributed by atoms with Crippen LogP contribution < -0.4 is 15.5 Å². The van der Waals surface area contributed by atoms with E-state index >= 15 is 0 Å². The zero-order valence-corrected chi connectivity index (χ0v) is 21.3. The molecule has 1 saturated heterocycles. The molecule has 4 rings (SSSR count). The van der Waals surface area contributed by atoms with Gasteiger partial charge in [0.1, 0.15) is 5.82 Å². The molecule has 1 aromatic rings. The van der Waals surface area contributed by atoms with Crippen LogP contribution in [0.3, 0.4) is 0 Å². The lowest BCUT2D eigenvalue weighted by atomic mass is 9.96. The Labute approximate surface area is 202 Å². The molecule has 0 radical (unpaired) electrons. The molecule has 0 amide bonds. The molecule has 5 heteroatoms. The van der Waals surface area contributed by atoms with Gasteiger partial charge in [-0.3, -0.25) is 0 Å². The summed E-state index contributed by atoms with van der Waals surface area (Å²) in [5.74, 6) is 2.15. The van der Waals surface area contributed by atoms with Crippen LogP contribution in [0.4, 0.5) is 11.8 Å². The third kappa shape index (κ3) is 7.31. The molecule has 2 aliphatic carbocycles. The largest absolute Gasteiger partial charge is 0.356 e. The highest BCUT2D eigenvalue weighted by Gasteiger charge is 2.29. The summed E-state index contributed by atoms with van der Waals surface area (Å²) < 4.78 is 0. The van der Waals surface area contributed by atoms with Crippen molar-refractivity contribution in [1.82, 2.24) is 15.3 Å². The van der Waals surface area contributed by atoms with E-state index in [-0.39, 0.29) is 0 Å². The second-order valence-electron chi connectivity index (χ2n) is 10.8. The first kappa shape index (κ1) is 24.8. The Morgan fingerprint density at radius 3 is 2.30 bits per heavy atom. The van der Waals surface area contributed by atoms with Gasteiger partial charge in [-0.05, 0) is 70.8 Å². The third-order valence-electron chi connectivity index (χ3n) is 8.08. The van der Waals surface area contributed by atoms with Crippen molar-refractivity contribution in [3.8, 4) is 0 Å². The molecular formula is C28H49N5. The normalized spacial score (nSPS) is 23.4. The number of nitrogens with zero attached hydrogens (tertiary/aromatic N) is 3. The molecule has 1 aliphatic heterocycles. The molecule has 2 heterocycles. The van der Waals surface area contributed by atoms with E-state index in [0.29, 0.717) is 12.1 Å². The average Bonchev–Trinajstić information content (AvgIpc) is 3.10. The molecule has 2 N–H and O–H groups in total. The lowest BCUT2D eigenvalue weighted by Gasteiger charge is -2.29. The molecule has 2 atom stereocenters. The van der Waals surface area contributed by atoms with Gasteiger partial charge in [0.05, 0.1) is 5.69 Å². The first-order valence-corrected chi connectivity index (χ1v) is 14.5. The van der Waals surface area contributed by atoms with Gasteiger partial charge in [0.2, 0.25) is 5.95 Å². The fourth-order valence-electron chi connectivity index (χ4n) is 6.10. The van der Waals surface area contributed by atoms with E-state index in [1.165, 1.54) is 120 Å². The summed E-state index contributed by atoms with van der Waals surface area (Å²) in [6.07, 6.45) is 23.6. The Bertz CT molecular complexity index is 698. The lowest BCUT2D eigenvalue weighted by molar-refractivity contribution is 0.472. The highest BCUT2D eigenvalue weighted by Crippen LogP contribution is 2.31. The number of anilines is 2. The first-order valence-electron chi connectivity index (χ1n) is 14.5. The van der Waals surface area contributed by atoms with Gasteiger partial charge in [-0.15, -0.1) is 0 Å². The van der Waals surface area contributed by atoms with Crippen LogP contribution in [0.2, 0.25) is 0 Å². The second kappa shape index (κ2) is 13.5. The second-order valence-corrected chi connectivity index (χ2v) is 10.8. The molecular weight excluding hydrogens is 406 g/mol. The van der Waals surface area contributed by atoms with E-state index in [4.69, 9.17) is 9.97 Å².